The maximum Gasteiger partial charge on any atom is 0.314 e. The van der Waals surface area contributed by atoms with Crippen molar-refractivity contribution in [3.05, 3.63) is 35.4 Å². The van der Waals surface area contributed by atoms with Crippen molar-refractivity contribution in [3.8, 4) is 0 Å². The second-order valence-corrected chi connectivity index (χ2v) is 4.67. The van der Waals surface area contributed by atoms with Crippen molar-refractivity contribution < 1.29 is 4.79 Å². The first-order chi connectivity index (χ1) is 8.11. The molecular formula is C14H22N2O. The van der Waals surface area contributed by atoms with Crippen LogP contribution in [0.5, 0.6) is 0 Å². The van der Waals surface area contributed by atoms with E-state index in [4.69, 9.17) is 0 Å². The lowest BCUT2D eigenvalue weighted by atomic mass is 10.0. The minimum Gasteiger partial charge on any atom is -0.341 e. The Hall–Kier alpha value is -1.51. The van der Waals surface area contributed by atoms with Crippen LogP contribution in [0, 0.1) is 5.92 Å². The van der Waals surface area contributed by atoms with Crippen LogP contribution in [0.4, 0.5) is 4.79 Å². The molecule has 0 saturated carbocycles. The van der Waals surface area contributed by atoms with E-state index in [1.807, 2.05) is 0 Å². The van der Waals surface area contributed by atoms with Gasteiger partial charge in [0, 0.05) is 13.6 Å². The van der Waals surface area contributed by atoms with Gasteiger partial charge in [0.05, 0.1) is 0 Å². The van der Waals surface area contributed by atoms with Crippen LogP contribution in [-0.2, 0) is 12.8 Å². The largest absolute Gasteiger partial charge is 0.341 e. The Labute approximate surface area is 104 Å². The van der Waals surface area contributed by atoms with E-state index >= 15 is 0 Å². The molecule has 0 bridgehead atoms. The van der Waals surface area contributed by atoms with Crippen molar-refractivity contribution in [1.82, 2.24) is 10.6 Å². The maximum absolute atomic E-state index is 11.0. The Balaban J connectivity index is 2.37. The van der Waals surface area contributed by atoms with Crippen molar-refractivity contribution in [2.24, 2.45) is 5.92 Å². The third-order valence-corrected chi connectivity index (χ3v) is 2.59. The van der Waals surface area contributed by atoms with Crippen molar-refractivity contribution in [3.63, 3.8) is 0 Å². The maximum atomic E-state index is 11.0. The van der Waals surface area contributed by atoms with Gasteiger partial charge in [0.1, 0.15) is 0 Å². The van der Waals surface area contributed by atoms with Crippen LogP contribution in [0.3, 0.4) is 0 Å². The number of amides is 2. The van der Waals surface area contributed by atoms with E-state index in [-0.39, 0.29) is 6.03 Å². The molecule has 0 unspecified atom stereocenters. The van der Waals surface area contributed by atoms with Crippen molar-refractivity contribution in [1.29, 1.82) is 0 Å². The van der Waals surface area contributed by atoms with Crippen LogP contribution in [-0.4, -0.2) is 19.6 Å². The molecule has 0 aliphatic carbocycles. The van der Waals surface area contributed by atoms with Gasteiger partial charge in [-0.05, 0) is 29.9 Å². The minimum atomic E-state index is -0.124. The lowest BCUT2D eigenvalue weighted by Crippen LogP contribution is -2.33. The van der Waals surface area contributed by atoms with E-state index in [1.54, 1.807) is 7.05 Å². The summed E-state index contributed by atoms with van der Waals surface area (Å²) in [6.07, 6.45) is 1.99. The molecule has 17 heavy (non-hydrogen) atoms. The number of hydrogen-bond acceptors (Lipinski definition) is 1. The van der Waals surface area contributed by atoms with Crippen molar-refractivity contribution in [2.75, 3.05) is 13.6 Å². The number of hydrogen-bond donors (Lipinski definition) is 2. The van der Waals surface area contributed by atoms with Crippen LogP contribution in [0.1, 0.15) is 25.0 Å². The third kappa shape index (κ3) is 5.38. The Kier molecular flexibility index (Phi) is 5.53. The molecule has 3 heteroatoms. The fourth-order valence-electron chi connectivity index (χ4n) is 1.72. The Bertz CT molecular complexity index is 344. The Morgan fingerprint density at radius 2 is 1.76 bits per heavy atom. The second-order valence-electron chi connectivity index (χ2n) is 4.67. The summed E-state index contributed by atoms with van der Waals surface area (Å²) in [4.78, 5) is 11.0. The SMILES string of the molecule is CNC(=O)NCCc1ccc(CC(C)C)cc1. The molecule has 0 aromatic heterocycles. The van der Waals surface area contributed by atoms with Gasteiger partial charge >= 0.3 is 6.03 Å². The van der Waals surface area contributed by atoms with E-state index in [9.17, 15) is 4.79 Å². The number of rotatable bonds is 5. The fourth-order valence-corrected chi connectivity index (χ4v) is 1.72. The summed E-state index contributed by atoms with van der Waals surface area (Å²) in [5.41, 5.74) is 2.64. The quantitative estimate of drug-likeness (QED) is 0.806. The normalized spacial score (nSPS) is 10.4. The number of nitrogens with one attached hydrogen (secondary N) is 2. The lowest BCUT2D eigenvalue weighted by Gasteiger charge is -2.07. The van der Waals surface area contributed by atoms with Crippen molar-refractivity contribution in [2.45, 2.75) is 26.7 Å². The number of benzene rings is 1. The molecule has 0 aliphatic rings. The van der Waals surface area contributed by atoms with Gasteiger partial charge in [0.15, 0.2) is 0 Å². The fraction of sp³-hybridized carbons (Fsp3) is 0.500. The van der Waals surface area contributed by atoms with E-state index in [0.717, 1.165) is 12.8 Å². The summed E-state index contributed by atoms with van der Waals surface area (Å²) in [6, 6.07) is 8.51. The zero-order valence-corrected chi connectivity index (χ0v) is 10.9. The first kappa shape index (κ1) is 13.6. The molecule has 0 aliphatic heterocycles. The molecule has 0 atom stereocenters. The lowest BCUT2D eigenvalue weighted by molar-refractivity contribution is 0.243. The van der Waals surface area contributed by atoms with Crippen molar-refractivity contribution >= 4 is 6.03 Å². The Morgan fingerprint density at radius 3 is 2.29 bits per heavy atom. The van der Waals surface area contributed by atoms with Crippen LogP contribution < -0.4 is 10.6 Å². The molecule has 2 amide bonds. The molecule has 2 N–H and O–H groups in total. The standard InChI is InChI=1S/C14H22N2O/c1-11(2)10-13-6-4-12(5-7-13)8-9-16-14(17)15-3/h4-7,11H,8-10H2,1-3H3,(H2,15,16,17). The summed E-state index contributed by atoms with van der Waals surface area (Å²) < 4.78 is 0. The minimum absolute atomic E-state index is 0.124. The molecule has 1 rings (SSSR count). The highest BCUT2D eigenvalue weighted by molar-refractivity contribution is 5.73. The number of urea groups is 1. The zero-order valence-electron chi connectivity index (χ0n) is 10.9. The van der Waals surface area contributed by atoms with Gasteiger partial charge in [-0.1, -0.05) is 38.1 Å². The first-order valence-corrected chi connectivity index (χ1v) is 6.15. The van der Waals surface area contributed by atoms with Gasteiger partial charge in [-0.3, -0.25) is 0 Å². The predicted octanol–water partition coefficient (Wildman–Crippen LogP) is 2.36. The molecule has 0 fully saturated rings. The van der Waals surface area contributed by atoms with Gasteiger partial charge in [-0.15, -0.1) is 0 Å². The molecule has 0 heterocycles. The van der Waals surface area contributed by atoms with E-state index in [1.165, 1.54) is 11.1 Å². The molecule has 0 saturated heterocycles. The van der Waals surface area contributed by atoms with Crippen LogP contribution in [0.15, 0.2) is 24.3 Å². The van der Waals surface area contributed by atoms with Crippen LogP contribution in [0.25, 0.3) is 0 Å². The summed E-state index contributed by atoms with van der Waals surface area (Å²) in [5.74, 6) is 0.691. The molecular weight excluding hydrogens is 212 g/mol. The molecule has 94 valence electrons. The van der Waals surface area contributed by atoms with E-state index in [0.29, 0.717) is 12.5 Å². The summed E-state index contributed by atoms with van der Waals surface area (Å²) in [5, 5.41) is 5.31. The van der Waals surface area contributed by atoms with Gasteiger partial charge < -0.3 is 10.6 Å². The number of carbonyl (C=O) groups excluding carboxylic acids is 1. The Morgan fingerprint density at radius 1 is 1.18 bits per heavy atom. The average molecular weight is 234 g/mol. The summed E-state index contributed by atoms with van der Waals surface area (Å²) in [7, 11) is 1.62. The van der Waals surface area contributed by atoms with Crippen LogP contribution in [0.2, 0.25) is 0 Å². The summed E-state index contributed by atoms with van der Waals surface area (Å²) in [6.45, 7) is 5.12. The van der Waals surface area contributed by atoms with Gasteiger partial charge in [0.2, 0.25) is 0 Å². The molecule has 3 nitrogen and oxygen atoms in total. The van der Waals surface area contributed by atoms with Gasteiger partial charge in [-0.2, -0.15) is 0 Å². The molecule has 0 spiro atoms. The smallest absolute Gasteiger partial charge is 0.314 e. The topological polar surface area (TPSA) is 41.1 Å². The second kappa shape index (κ2) is 6.94. The molecule has 0 radical (unpaired) electrons. The highest BCUT2D eigenvalue weighted by Crippen LogP contribution is 2.09. The van der Waals surface area contributed by atoms with E-state index < -0.39 is 0 Å². The summed E-state index contributed by atoms with van der Waals surface area (Å²) >= 11 is 0. The predicted molar refractivity (Wildman–Crippen MR) is 71.1 cm³/mol. The third-order valence-electron chi connectivity index (χ3n) is 2.59. The average Bonchev–Trinajstić information content (AvgIpc) is 2.30. The zero-order chi connectivity index (χ0) is 12.7. The van der Waals surface area contributed by atoms with Gasteiger partial charge in [-0.25, -0.2) is 4.79 Å². The van der Waals surface area contributed by atoms with Gasteiger partial charge in [0.25, 0.3) is 0 Å². The molecule has 1 aromatic carbocycles. The highest BCUT2D eigenvalue weighted by atomic mass is 16.2. The van der Waals surface area contributed by atoms with Crippen LogP contribution >= 0.6 is 0 Å². The highest BCUT2D eigenvalue weighted by Gasteiger charge is 1.99. The molecule has 1 aromatic rings. The monoisotopic (exact) mass is 234 g/mol. The first-order valence-electron chi connectivity index (χ1n) is 6.15. The van der Waals surface area contributed by atoms with E-state index in [2.05, 4.69) is 48.7 Å². The number of carbonyl (C=O) groups is 1.